The van der Waals surface area contributed by atoms with Crippen LogP contribution in [0.15, 0.2) is 0 Å². The lowest BCUT2D eigenvalue weighted by atomic mass is 10.1. The minimum atomic E-state index is -0.166. The van der Waals surface area contributed by atoms with Crippen molar-refractivity contribution in [3.05, 3.63) is 0 Å². The first kappa shape index (κ1) is 13.4. The number of hydrogen-bond donors (Lipinski definition) is 1. The Labute approximate surface area is 87.0 Å². The van der Waals surface area contributed by atoms with Crippen LogP contribution in [0.5, 0.6) is 0 Å². The molecule has 0 fully saturated rings. The summed E-state index contributed by atoms with van der Waals surface area (Å²) in [5, 5.41) is 0. The van der Waals surface area contributed by atoms with E-state index >= 15 is 0 Å². The van der Waals surface area contributed by atoms with Gasteiger partial charge in [-0.25, -0.2) is 0 Å². The fraction of sp³-hybridized carbons (Fsp3) is 0.909. The molecule has 0 aromatic rings. The first-order valence-corrected chi connectivity index (χ1v) is 5.67. The lowest BCUT2D eigenvalue weighted by Gasteiger charge is -2.01. The van der Waals surface area contributed by atoms with Crippen LogP contribution in [-0.4, -0.2) is 12.7 Å². The first-order valence-electron chi connectivity index (χ1n) is 5.67. The van der Waals surface area contributed by atoms with Gasteiger partial charge in [-0.1, -0.05) is 45.4 Å². The normalized spacial score (nSPS) is 10.1. The van der Waals surface area contributed by atoms with E-state index in [1.165, 1.54) is 32.1 Å². The topological polar surface area (TPSA) is 52.3 Å². The second kappa shape index (κ2) is 10.5. The molecule has 0 aliphatic rings. The zero-order valence-corrected chi connectivity index (χ0v) is 9.26. The molecule has 14 heavy (non-hydrogen) atoms. The summed E-state index contributed by atoms with van der Waals surface area (Å²) in [5.41, 5.74) is 5.07. The highest BCUT2D eigenvalue weighted by molar-refractivity contribution is 5.69. The standard InChI is InChI=1S/C11H23NO2/c1-2-3-4-5-6-7-8-9-11(13)14-10-12/h2-10,12H2,1H3. The average molecular weight is 201 g/mol. The van der Waals surface area contributed by atoms with E-state index in [1.54, 1.807) is 0 Å². The molecule has 0 amide bonds. The smallest absolute Gasteiger partial charge is 0.307 e. The molecule has 0 unspecified atom stereocenters. The highest BCUT2D eigenvalue weighted by Crippen LogP contribution is 2.08. The van der Waals surface area contributed by atoms with Gasteiger partial charge < -0.3 is 4.74 Å². The van der Waals surface area contributed by atoms with Crippen molar-refractivity contribution in [1.82, 2.24) is 0 Å². The molecule has 0 radical (unpaired) electrons. The van der Waals surface area contributed by atoms with Gasteiger partial charge in [-0.05, 0) is 6.42 Å². The van der Waals surface area contributed by atoms with Crippen molar-refractivity contribution in [1.29, 1.82) is 0 Å². The van der Waals surface area contributed by atoms with Crippen LogP contribution in [0.4, 0.5) is 0 Å². The van der Waals surface area contributed by atoms with Crippen LogP contribution in [0.2, 0.25) is 0 Å². The summed E-state index contributed by atoms with van der Waals surface area (Å²) in [6.07, 6.45) is 9.04. The van der Waals surface area contributed by atoms with Crippen molar-refractivity contribution in [2.24, 2.45) is 5.73 Å². The Kier molecular flexibility index (Phi) is 10.1. The number of rotatable bonds is 9. The SMILES string of the molecule is CCCCCCCCCC(=O)OCN. The van der Waals surface area contributed by atoms with Crippen molar-refractivity contribution in [3.63, 3.8) is 0 Å². The van der Waals surface area contributed by atoms with Crippen LogP contribution < -0.4 is 5.73 Å². The minimum Gasteiger partial charge on any atom is -0.450 e. The first-order chi connectivity index (χ1) is 6.81. The van der Waals surface area contributed by atoms with Crippen LogP contribution in [0, 0.1) is 0 Å². The Morgan fingerprint density at radius 1 is 1.07 bits per heavy atom. The summed E-state index contributed by atoms with van der Waals surface area (Å²) in [4.78, 5) is 10.9. The molecule has 0 bridgehead atoms. The largest absolute Gasteiger partial charge is 0.450 e. The van der Waals surface area contributed by atoms with E-state index in [1.807, 2.05) is 0 Å². The fourth-order valence-electron chi connectivity index (χ4n) is 1.39. The maximum Gasteiger partial charge on any atom is 0.307 e. The molecular formula is C11H23NO2. The van der Waals surface area contributed by atoms with Crippen LogP contribution in [0.1, 0.15) is 58.3 Å². The van der Waals surface area contributed by atoms with Gasteiger partial charge in [-0.15, -0.1) is 0 Å². The van der Waals surface area contributed by atoms with E-state index in [0.717, 1.165) is 12.8 Å². The number of esters is 1. The molecule has 0 heterocycles. The number of nitrogens with two attached hydrogens (primary N) is 1. The van der Waals surface area contributed by atoms with Gasteiger partial charge in [0.05, 0.1) is 0 Å². The molecular weight excluding hydrogens is 178 g/mol. The third kappa shape index (κ3) is 9.52. The second-order valence-electron chi connectivity index (χ2n) is 3.55. The van der Waals surface area contributed by atoms with Gasteiger partial charge in [-0.2, -0.15) is 0 Å². The molecule has 3 nitrogen and oxygen atoms in total. The molecule has 0 spiro atoms. The summed E-state index contributed by atoms with van der Waals surface area (Å²) in [7, 11) is 0. The molecule has 0 atom stereocenters. The molecule has 84 valence electrons. The van der Waals surface area contributed by atoms with Crippen molar-refractivity contribution < 1.29 is 9.53 Å². The number of carbonyl (C=O) groups is 1. The van der Waals surface area contributed by atoms with E-state index in [-0.39, 0.29) is 12.7 Å². The average Bonchev–Trinajstić information content (AvgIpc) is 2.17. The Morgan fingerprint density at radius 2 is 1.64 bits per heavy atom. The Hall–Kier alpha value is -0.570. The zero-order chi connectivity index (χ0) is 10.6. The molecule has 0 saturated carbocycles. The maximum atomic E-state index is 10.9. The molecule has 0 saturated heterocycles. The van der Waals surface area contributed by atoms with Gasteiger partial charge in [0.25, 0.3) is 0 Å². The van der Waals surface area contributed by atoms with Crippen molar-refractivity contribution in [3.8, 4) is 0 Å². The lowest BCUT2D eigenvalue weighted by Crippen LogP contribution is -2.11. The number of ether oxygens (including phenoxy) is 1. The molecule has 3 heteroatoms. The van der Waals surface area contributed by atoms with Crippen molar-refractivity contribution in [2.75, 3.05) is 6.73 Å². The number of unbranched alkanes of at least 4 members (excludes halogenated alkanes) is 6. The summed E-state index contributed by atoms with van der Waals surface area (Å²) >= 11 is 0. The van der Waals surface area contributed by atoms with Crippen LogP contribution >= 0.6 is 0 Å². The molecule has 0 aromatic carbocycles. The minimum absolute atomic E-state index is 0.00926. The summed E-state index contributed by atoms with van der Waals surface area (Å²) < 4.78 is 4.63. The van der Waals surface area contributed by atoms with E-state index in [9.17, 15) is 4.79 Å². The quantitative estimate of drug-likeness (QED) is 0.354. The summed E-state index contributed by atoms with van der Waals surface area (Å²) in [6, 6.07) is 0. The third-order valence-electron chi connectivity index (χ3n) is 2.23. The summed E-state index contributed by atoms with van der Waals surface area (Å²) in [5.74, 6) is -0.166. The number of hydrogen-bond acceptors (Lipinski definition) is 3. The lowest BCUT2D eigenvalue weighted by molar-refractivity contribution is -0.143. The summed E-state index contributed by atoms with van der Waals surface area (Å²) in [6.45, 7) is 2.22. The van der Waals surface area contributed by atoms with E-state index in [2.05, 4.69) is 11.7 Å². The third-order valence-corrected chi connectivity index (χ3v) is 2.23. The molecule has 0 aliphatic carbocycles. The van der Waals surface area contributed by atoms with E-state index in [4.69, 9.17) is 5.73 Å². The second-order valence-corrected chi connectivity index (χ2v) is 3.55. The van der Waals surface area contributed by atoms with E-state index in [0.29, 0.717) is 6.42 Å². The van der Waals surface area contributed by atoms with Gasteiger partial charge in [0.1, 0.15) is 6.73 Å². The Morgan fingerprint density at radius 3 is 2.21 bits per heavy atom. The van der Waals surface area contributed by atoms with E-state index < -0.39 is 0 Å². The molecule has 0 aromatic heterocycles. The Bertz CT molecular complexity index is 137. The zero-order valence-electron chi connectivity index (χ0n) is 9.26. The van der Waals surface area contributed by atoms with Crippen LogP contribution in [-0.2, 0) is 9.53 Å². The maximum absolute atomic E-state index is 10.9. The van der Waals surface area contributed by atoms with Crippen molar-refractivity contribution >= 4 is 5.97 Å². The molecule has 0 rings (SSSR count). The van der Waals surface area contributed by atoms with Crippen LogP contribution in [0.3, 0.4) is 0 Å². The van der Waals surface area contributed by atoms with Crippen LogP contribution in [0.25, 0.3) is 0 Å². The van der Waals surface area contributed by atoms with Crippen molar-refractivity contribution in [2.45, 2.75) is 58.3 Å². The molecule has 0 aliphatic heterocycles. The molecule has 2 N–H and O–H groups in total. The van der Waals surface area contributed by atoms with Gasteiger partial charge in [0.15, 0.2) is 0 Å². The van der Waals surface area contributed by atoms with Gasteiger partial charge in [0, 0.05) is 6.42 Å². The predicted octanol–water partition coefficient (Wildman–Crippen LogP) is 2.59. The highest BCUT2D eigenvalue weighted by Gasteiger charge is 2.00. The number of carbonyl (C=O) groups excluding carboxylic acids is 1. The van der Waals surface area contributed by atoms with Gasteiger partial charge in [0.2, 0.25) is 0 Å². The predicted molar refractivity (Wildman–Crippen MR) is 57.8 cm³/mol. The fourth-order valence-corrected chi connectivity index (χ4v) is 1.39. The Balaban J connectivity index is 3.01. The monoisotopic (exact) mass is 201 g/mol. The highest BCUT2D eigenvalue weighted by atomic mass is 16.5. The van der Waals surface area contributed by atoms with Gasteiger partial charge >= 0.3 is 5.97 Å². The van der Waals surface area contributed by atoms with Gasteiger partial charge in [-0.3, -0.25) is 10.5 Å².